The average Bonchev–Trinajstić information content (AvgIpc) is 3.21. The summed E-state index contributed by atoms with van der Waals surface area (Å²) < 4.78 is 56.4. The number of carbonyl (C=O) groups is 4. The van der Waals surface area contributed by atoms with Crippen molar-refractivity contribution in [3.63, 3.8) is 0 Å². The van der Waals surface area contributed by atoms with E-state index in [4.69, 9.17) is 33.2 Å². The molecule has 0 radical (unpaired) electrons. The highest BCUT2D eigenvalue weighted by molar-refractivity contribution is 5.68. The van der Waals surface area contributed by atoms with Gasteiger partial charge in [0.05, 0.1) is 6.10 Å². The Bertz CT molecular complexity index is 1390. The lowest BCUT2D eigenvalue weighted by Crippen LogP contribution is -2.63. The first-order valence-corrected chi connectivity index (χ1v) is 14.6. The number of ether oxygens (including phenoxy) is 7. The molecule has 1 aromatic heterocycles. The zero-order valence-electron chi connectivity index (χ0n) is 27.0. The molecule has 1 aliphatic rings. The fourth-order valence-corrected chi connectivity index (χ4v) is 4.93. The Kier molecular flexibility index (Phi) is 11.9. The van der Waals surface area contributed by atoms with Crippen LogP contribution >= 0.6 is 0 Å². The van der Waals surface area contributed by atoms with Crippen LogP contribution in [0.1, 0.15) is 78.3 Å². The fourth-order valence-electron chi connectivity index (χ4n) is 4.93. The van der Waals surface area contributed by atoms with E-state index in [1.54, 1.807) is 23.7 Å². The van der Waals surface area contributed by atoms with Crippen LogP contribution < -0.4 is 9.47 Å². The zero-order chi connectivity index (χ0) is 33.6. The van der Waals surface area contributed by atoms with Crippen LogP contribution in [0, 0.1) is 12.7 Å². The number of halogens is 1. The van der Waals surface area contributed by atoms with E-state index in [0.29, 0.717) is 22.6 Å². The summed E-state index contributed by atoms with van der Waals surface area (Å²) in [4.78, 5) is 48.1. The predicted molar refractivity (Wildman–Crippen MR) is 155 cm³/mol. The molecule has 5 atom stereocenters. The Hall–Kier alpha value is -4.20. The van der Waals surface area contributed by atoms with Gasteiger partial charge in [-0.2, -0.15) is 0 Å². The van der Waals surface area contributed by atoms with Gasteiger partial charge in [-0.25, -0.2) is 4.39 Å². The van der Waals surface area contributed by atoms with Gasteiger partial charge < -0.3 is 33.2 Å². The van der Waals surface area contributed by atoms with Gasteiger partial charge in [0.25, 0.3) is 0 Å². The first-order valence-electron chi connectivity index (χ1n) is 14.6. The summed E-state index contributed by atoms with van der Waals surface area (Å²) in [5.74, 6) is -3.03. The first kappa shape index (κ1) is 35.3. The summed E-state index contributed by atoms with van der Waals surface area (Å²) in [6.45, 7) is 13.4. The van der Waals surface area contributed by atoms with Crippen LogP contribution in [-0.2, 0) is 49.3 Å². The molecule has 0 saturated carbocycles. The summed E-state index contributed by atoms with van der Waals surface area (Å²) in [7, 11) is 0. The molecule has 0 aliphatic carbocycles. The lowest BCUT2D eigenvalue weighted by atomic mass is 9.98. The number of carbonyl (C=O) groups excluding carboxylic acids is 4. The molecule has 0 amide bonds. The van der Waals surface area contributed by atoms with Gasteiger partial charge in [0.1, 0.15) is 24.3 Å². The van der Waals surface area contributed by atoms with Crippen LogP contribution in [0.3, 0.4) is 0 Å². The molecule has 13 nitrogen and oxygen atoms in total. The summed E-state index contributed by atoms with van der Waals surface area (Å²) >= 11 is 0. The minimum Gasteiger partial charge on any atom is -0.491 e. The van der Waals surface area contributed by atoms with E-state index in [0.717, 1.165) is 20.8 Å². The topological polar surface area (TPSA) is 151 Å². The molecule has 1 fully saturated rings. The maximum atomic E-state index is 15.2. The molecule has 14 heteroatoms. The quantitative estimate of drug-likeness (QED) is 0.247. The molecule has 0 N–H and O–H groups in total. The molecule has 2 heterocycles. The van der Waals surface area contributed by atoms with Gasteiger partial charge in [-0.15, -0.1) is 5.10 Å². The van der Waals surface area contributed by atoms with Gasteiger partial charge in [-0.3, -0.25) is 23.9 Å². The number of benzene rings is 1. The van der Waals surface area contributed by atoms with Gasteiger partial charge in [0.15, 0.2) is 12.2 Å². The largest absolute Gasteiger partial charge is 0.491 e. The molecule has 0 spiro atoms. The summed E-state index contributed by atoms with van der Waals surface area (Å²) in [6, 6.07) is 4.46. The lowest BCUT2D eigenvalue weighted by molar-refractivity contribution is -0.289. The van der Waals surface area contributed by atoms with E-state index >= 15 is 4.39 Å². The highest BCUT2D eigenvalue weighted by Crippen LogP contribution is 2.34. The van der Waals surface area contributed by atoms with Crippen molar-refractivity contribution in [3.05, 3.63) is 40.8 Å². The molecule has 1 saturated heterocycles. The predicted octanol–water partition coefficient (Wildman–Crippen LogP) is 3.75. The van der Waals surface area contributed by atoms with Gasteiger partial charge in [-0.05, 0) is 46.2 Å². The van der Waals surface area contributed by atoms with Gasteiger partial charge in [-0.1, -0.05) is 6.07 Å². The van der Waals surface area contributed by atoms with E-state index in [1.807, 2.05) is 27.7 Å². The van der Waals surface area contributed by atoms with Gasteiger partial charge in [0, 0.05) is 57.5 Å². The Morgan fingerprint density at radius 2 is 1.51 bits per heavy atom. The lowest BCUT2D eigenvalue weighted by Gasteiger charge is -2.43. The zero-order valence-corrected chi connectivity index (χ0v) is 27.0. The Morgan fingerprint density at radius 1 is 0.911 bits per heavy atom. The molecular formula is C31H41FN2O11. The molecule has 45 heavy (non-hydrogen) atoms. The van der Waals surface area contributed by atoms with Crippen LogP contribution in [-0.4, -0.2) is 77.1 Å². The highest BCUT2D eigenvalue weighted by Gasteiger charge is 2.53. The summed E-state index contributed by atoms with van der Waals surface area (Å²) in [5, 5.41) is 4.60. The molecular weight excluding hydrogens is 595 g/mol. The Labute approximate surface area is 261 Å². The monoisotopic (exact) mass is 636 g/mol. The maximum absolute atomic E-state index is 15.2. The third kappa shape index (κ3) is 9.40. The van der Waals surface area contributed by atoms with E-state index in [2.05, 4.69) is 5.10 Å². The van der Waals surface area contributed by atoms with Crippen molar-refractivity contribution in [2.45, 2.75) is 112 Å². The molecule has 3 rings (SSSR count). The van der Waals surface area contributed by atoms with Crippen molar-refractivity contribution < 1.29 is 56.7 Å². The van der Waals surface area contributed by atoms with Gasteiger partial charge >= 0.3 is 23.9 Å². The van der Waals surface area contributed by atoms with Crippen molar-refractivity contribution >= 4 is 23.9 Å². The highest BCUT2D eigenvalue weighted by atomic mass is 19.1. The van der Waals surface area contributed by atoms with Crippen molar-refractivity contribution in [1.29, 1.82) is 0 Å². The van der Waals surface area contributed by atoms with Crippen LogP contribution in [0.5, 0.6) is 11.6 Å². The number of nitrogens with zero attached hydrogens (tertiary/aromatic N) is 2. The summed E-state index contributed by atoms with van der Waals surface area (Å²) in [6.07, 6.45) is -6.99. The number of aromatic nitrogens is 2. The Morgan fingerprint density at radius 3 is 2.04 bits per heavy atom. The second-order valence-electron chi connectivity index (χ2n) is 11.2. The van der Waals surface area contributed by atoms with Crippen molar-refractivity contribution in [1.82, 2.24) is 9.78 Å². The van der Waals surface area contributed by atoms with Crippen LogP contribution in [0.4, 0.5) is 4.39 Å². The van der Waals surface area contributed by atoms with E-state index in [-0.39, 0.29) is 24.4 Å². The number of rotatable bonds is 12. The SMILES string of the molecule is CC(=O)OC[C@H]1O[C@@H](Oc2nn(C(C)C)c(C)c2Cc2ccc(OC(C)C)cc2F)[C@H](OC(C)=O)[C@@H](OC(C)=O)[C@@H]1OC(C)=O. The van der Waals surface area contributed by atoms with Crippen LogP contribution in [0.15, 0.2) is 18.2 Å². The van der Waals surface area contributed by atoms with Gasteiger partial charge in [0.2, 0.25) is 18.3 Å². The minimum atomic E-state index is -1.49. The second kappa shape index (κ2) is 15.2. The molecule has 0 bridgehead atoms. The molecule has 248 valence electrons. The van der Waals surface area contributed by atoms with E-state index in [1.165, 1.54) is 13.0 Å². The number of hydrogen-bond donors (Lipinski definition) is 0. The molecule has 1 aliphatic heterocycles. The third-order valence-electron chi connectivity index (χ3n) is 6.67. The first-order chi connectivity index (χ1) is 21.1. The van der Waals surface area contributed by atoms with E-state index < -0.39 is 67.0 Å². The van der Waals surface area contributed by atoms with E-state index in [9.17, 15) is 19.2 Å². The van der Waals surface area contributed by atoms with Crippen molar-refractivity contribution in [2.75, 3.05) is 6.61 Å². The molecule has 0 unspecified atom stereocenters. The van der Waals surface area contributed by atoms with Crippen LogP contribution in [0.2, 0.25) is 0 Å². The maximum Gasteiger partial charge on any atom is 0.303 e. The standard InChI is InChI=1S/C31H41FN2O11/c1-15(2)34-17(5)24(12-22-10-11-23(13-25(22)32)40-16(3)4)30(33-34)45-31-29(43-21(9)38)28(42-20(8)37)27(41-19(7)36)26(44-31)14-39-18(6)35/h10-11,13,15-16,26-29,31H,12,14H2,1-9H3/t26-,27-,28+,29-,31+/m1/s1. The number of esters is 4. The normalized spacial score (nSPS) is 21.3. The molecule has 1 aromatic carbocycles. The third-order valence-corrected chi connectivity index (χ3v) is 6.67. The fraction of sp³-hybridized carbons (Fsp3) is 0.581. The second-order valence-corrected chi connectivity index (χ2v) is 11.2. The molecule has 2 aromatic rings. The van der Waals surface area contributed by atoms with Crippen molar-refractivity contribution in [3.8, 4) is 11.6 Å². The average molecular weight is 637 g/mol. The number of hydrogen-bond acceptors (Lipinski definition) is 12. The smallest absolute Gasteiger partial charge is 0.303 e. The minimum absolute atomic E-state index is 0.0315. The van der Waals surface area contributed by atoms with Crippen LogP contribution in [0.25, 0.3) is 0 Å². The van der Waals surface area contributed by atoms with Crippen molar-refractivity contribution in [2.24, 2.45) is 0 Å². The Balaban J connectivity index is 2.09. The summed E-state index contributed by atoms with van der Waals surface area (Å²) in [5.41, 5.74) is 1.52.